The maximum Gasteiger partial charge on any atom is 0.165 e. The topological polar surface area (TPSA) is 30.7 Å². The third-order valence-corrected chi connectivity index (χ3v) is 3.59. The van der Waals surface area contributed by atoms with Crippen LogP contribution in [0.4, 0.5) is 0 Å². The molecule has 5 heteroatoms. The lowest BCUT2D eigenvalue weighted by Gasteiger charge is -2.22. The molecule has 0 radical (unpaired) electrons. The zero-order chi connectivity index (χ0) is 12.6. The zero-order valence-electron chi connectivity index (χ0n) is 9.91. The molecule has 0 saturated heterocycles. The SMILES string of the molecule is CC(C)(C)n1cnnc1-c1ccc(Br)cc1Br. The van der Waals surface area contributed by atoms with Gasteiger partial charge in [0.25, 0.3) is 0 Å². The highest BCUT2D eigenvalue weighted by Crippen LogP contribution is 2.31. The van der Waals surface area contributed by atoms with Gasteiger partial charge in [-0.05, 0) is 54.9 Å². The van der Waals surface area contributed by atoms with Crippen LogP contribution in [0.3, 0.4) is 0 Å². The predicted octanol–water partition coefficient (Wildman–Crippen LogP) is 4.23. The monoisotopic (exact) mass is 357 g/mol. The van der Waals surface area contributed by atoms with Crippen molar-refractivity contribution in [3.63, 3.8) is 0 Å². The Hall–Kier alpha value is -0.680. The molecular weight excluding hydrogens is 346 g/mol. The summed E-state index contributed by atoms with van der Waals surface area (Å²) in [5.74, 6) is 0.872. The molecule has 1 heterocycles. The zero-order valence-corrected chi connectivity index (χ0v) is 13.1. The Balaban J connectivity index is 2.58. The van der Waals surface area contributed by atoms with E-state index in [4.69, 9.17) is 0 Å². The quantitative estimate of drug-likeness (QED) is 0.763. The van der Waals surface area contributed by atoms with Crippen LogP contribution >= 0.6 is 31.9 Å². The molecule has 0 bridgehead atoms. The number of aromatic nitrogens is 3. The molecule has 0 N–H and O–H groups in total. The van der Waals surface area contributed by atoms with Crippen LogP contribution in [0.25, 0.3) is 11.4 Å². The number of benzene rings is 1. The summed E-state index contributed by atoms with van der Waals surface area (Å²) in [7, 11) is 0. The summed E-state index contributed by atoms with van der Waals surface area (Å²) in [6.07, 6.45) is 1.77. The Morgan fingerprint density at radius 2 is 1.88 bits per heavy atom. The van der Waals surface area contributed by atoms with E-state index in [9.17, 15) is 0 Å². The Labute approximate surface area is 118 Å². The maximum atomic E-state index is 4.21. The molecule has 0 aliphatic rings. The fraction of sp³-hybridized carbons (Fsp3) is 0.333. The van der Waals surface area contributed by atoms with Crippen molar-refractivity contribution in [2.45, 2.75) is 26.3 Å². The van der Waals surface area contributed by atoms with Crippen LogP contribution in [0.5, 0.6) is 0 Å². The fourth-order valence-corrected chi connectivity index (χ4v) is 2.80. The highest BCUT2D eigenvalue weighted by molar-refractivity contribution is 9.11. The largest absolute Gasteiger partial charge is 0.308 e. The minimum Gasteiger partial charge on any atom is -0.308 e. The van der Waals surface area contributed by atoms with E-state index >= 15 is 0 Å². The molecule has 3 nitrogen and oxygen atoms in total. The Bertz CT molecular complexity index is 541. The van der Waals surface area contributed by atoms with Gasteiger partial charge in [0.15, 0.2) is 5.82 Å². The first-order chi connectivity index (χ1) is 7.89. The van der Waals surface area contributed by atoms with Crippen LogP contribution in [-0.4, -0.2) is 14.8 Å². The van der Waals surface area contributed by atoms with Crippen molar-refractivity contribution < 1.29 is 0 Å². The number of hydrogen-bond acceptors (Lipinski definition) is 2. The summed E-state index contributed by atoms with van der Waals surface area (Å²) in [5.41, 5.74) is 1.01. The van der Waals surface area contributed by atoms with Gasteiger partial charge in [0.1, 0.15) is 6.33 Å². The van der Waals surface area contributed by atoms with Gasteiger partial charge in [0.2, 0.25) is 0 Å². The van der Waals surface area contributed by atoms with E-state index in [2.05, 4.69) is 67.4 Å². The van der Waals surface area contributed by atoms with Crippen molar-refractivity contribution in [1.29, 1.82) is 0 Å². The molecule has 1 aromatic heterocycles. The normalized spacial score (nSPS) is 11.8. The first kappa shape index (κ1) is 12.8. The molecule has 0 unspecified atom stereocenters. The third kappa shape index (κ3) is 2.60. The van der Waals surface area contributed by atoms with Crippen LogP contribution in [0.15, 0.2) is 33.5 Å². The molecule has 0 spiro atoms. The molecule has 1 aromatic carbocycles. The van der Waals surface area contributed by atoms with Crippen molar-refractivity contribution >= 4 is 31.9 Å². The van der Waals surface area contributed by atoms with Crippen LogP contribution < -0.4 is 0 Å². The van der Waals surface area contributed by atoms with Gasteiger partial charge >= 0.3 is 0 Å². The molecule has 0 amide bonds. The molecule has 0 fully saturated rings. The maximum absolute atomic E-state index is 4.21. The lowest BCUT2D eigenvalue weighted by Crippen LogP contribution is -2.21. The van der Waals surface area contributed by atoms with E-state index < -0.39 is 0 Å². The van der Waals surface area contributed by atoms with Gasteiger partial charge in [0, 0.05) is 20.0 Å². The van der Waals surface area contributed by atoms with Crippen LogP contribution in [0, 0.1) is 0 Å². The van der Waals surface area contributed by atoms with Crippen molar-refractivity contribution in [3.05, 3.63) is 33.5 Å². The van der Waals surface area contributed by atoms with E-state index in [-0.39, 0.29) is 5.54 Å². The Kier molecular flexibility index (Phi) is 3.41. The van der Waals surface area contributed by atoms with Crippen LogP contribution in [0.2, 0.25) is 0 Å². The van der Waals surface area contributed by atoms with Crippen molar-refractivity contribution in [1.82, 2.24) is 14.8 Å². The third-order valence-electron chi connectivity index (χ3n) is 2.44. The summed E-state index contributed by atoms with van der Waals surface area (Å²) in [5, 5.41) is 8.22. The molecule has 2 rings (SSSR count). The fourth-order valence-electron chi connectivity index (χ4n) is 1.58. The second kappa shape index (κ2) is 4.53. The molecule has 17 heavy (non-hydrogen) atoms. The van der Waals surface area contributed by atoms with Gasteiger partial charge in [-0.3, -0.25) is 0 Å². The van der Waals surface area contributed by atoms with Crippen molar-refractivity contribution in [2.75, 3.05) is 0 Å². The smallest absolute Gasteiger partial charge is 0.165 e. The van der Waals surface area contributed by atoms with E-state index in [0.717, 1.165) is 20.3 Å². The minimum absolute atomic E-state index is 0.0364. The highest BCUT2D eigenvalue weighted by atomic mass is 79.9. The van der Waals surface area contributed by atoms with E-state index in [1.807, 2.05) is 18.2 Å². The van der Waals surface area contributed by atoms with E-state index in [1.165, 1.54) is 0 Å². The lowest BCUT2D eigenvalue weighted by molar-refractivity contribution is 0.399. The van der Waals surface area contributed by atoms with Crippen molar-refractivity contribution in [2.24, 2.45) is 0 Å². The van der Waals surface area contributed by atoms with Gasteiger partial charge in [-0.15, -0.1) is 10.2 Å². The number of hydrogen-bond donors (Lipinski definition) is 0. The van der Waals surface area contributed by atoms with Crippen LogP contribution in [0.1, 0.15) is 20.8 Å². The molecular formula is C12H13Br2N3. The van der Waals surface area contributed by atoms with E-state index in [1.54, 1.807) is 6.33 Å². The van der Waals surface area contributed by atoms with Gasteiger partial charge in [-0.2, -0.15) is 0 Å². The Morgan fingerprint density at radius 3 is 2.47 bits per heavy atom. The summed E-state index contributed by atoms with van der Waals surface area (Å²) >= 11 is 7.00. The van der Waals surface area contributed by atoms with Gasteiger partial charge in [0.05, 0.1) is 0 Å². The molecule has 2 aromatic rings. The summed E-state index contributed by atoms with van der Waals surface area (Å²) in [4.78, 5) is 0. The van der Waals surface area contributed by atoms with Crippen molar-refractivity contribution in [3.8, 4) is 11.4 Å². The van der Waals surface area contributed by atoms with Gasteiger partial charge < -0.3 is 4.57 Å². The molecule has 0 aliphatic heterocycles. The number of halogens is 2. The molecule has 0 atom stereocenters. The molecule has 0 aliphatic carbocycles. The molecule has 0 saturated carbocycles. The Morgan fingerprint density at radius 1 is 1.18 bits per heavy atom. The first-order valence-electron chi connectivity index (χ1n) is 5.25. The second-order valence-electron chi connectivity index (χ2n) is 4.82. The number of rotatable bonds is 1. The molecule has 90 valence electrons. The summed E-state index contributed by atoms with van der Waals surface area (Å²) < 4.78 is 4.11. The van der Waals surface area contributed by atoms with Gasteiger partial charge in [-0.25, -0.2) is 0 Å². The predicted molar refractivity (Wildman–Crippen MR) is 75.9 cm³/mol. The minimum atomic E-state index is -0.0364. The van der Waals surface area contributed by atoms with E-state index in [0.29, 0.717) is 0 Å². The average molecular weight is 359 g/mol. The summed E-state index contributed by atoms with van der Waals surface area (Å²) in [6.45, 7) is 6.39. The average Bonchev–Trinajstić information content (AvgIpc) is 2.65. The van der Waals surface area contributed by atoms with Crippen LogP contribution in [-0.2, 0) is 5.54 Å². The number of nitrogens with zero attached hydrogens (tertiary/aromatic N) is 3. The first-order valence-corrected chi connectivity index (χ1v) is 6.84. The lowest BCUT2D eigenvalue weighted by atomic mass is 10.1. The standard InChI is InChI=1S/C12H13Br2N3/c1-12(2,3)17-7-15-16-11(17)9-5-4-8(13)6-10(9)14/h4-7H,1-3H3. The van der Waals surface area contributed by atoms with Gasteiger partial charge in [-0.1, -0.05) is 15.9 Å². The second-order valence-corrected chi connectivity index (χ2v) is 6.59. The summed E-state index contributed by atoms with van der Waals surface area (Å²) in [6, 6.07) is 6.04. The highest BCUT2D eigenvalue weighted by Gasteiger charge is 2.20.